The van der Waals surface area contributed by atoms with Crippen molar-refractivity contribution in [3.63, 3.8) is 0 Å². The molecule has 10 heteroatoms. The van der Waals surface area contributed by atoms with Gasteiger partial charge in [0.25, 0.3) is 0 Å². The maximum Gasteiger partial charge on any atom is 0.416 e. The van der Waals surface area contributed by atoms with Gasteiger partial charge in [-0.2, -0.15) is 13.2 Å². The fourth-order valence-corrected chi connectivity index (χ4v) is 5.15. The van der Waals surface area contributed by atoms with E-state index in [1.165, 1.54) is 11.1 Å². The molecule has 0 bridgehead atoms. The van der Waals surface area contributed by atoms with Crippen LogP contribution in [0.4, 0.5) is 18.9 Å². The van der Waals surface area contributed by atoms with Crippen LogP contribution in [-0.2, 0) is 33.8 Å². The zero-order valence-electron chi connectivity index (χ0n) is 18.4. The maximum absolute atomic E-state index is 13.2. The third-order valence-electron chi connectivity index (χ3n) is 5.75. The molecule has 0 spiro atoms. The van der Waals surface area contributed by atoms with Gasteiger partial charge in [-0.25, -0.2) is 8.42 Å². The molecule has 1 N–H and O–H groups in total. The zero-order valence-corrected chi connectivity index (χ0v) is 19.9. The Kier molecular flexibility index (Phi) is 7.63. The lowest BCUT2D eigenvalue weighted by Gasteiger charge is -2.26. The van der Waals surface area contributed by atoms with Crippen LogP contribution in [0.3, 0.4) is 0 Å². The number of nitrogens with zero attached hydrogens (tertiary/aromatic N) is 1. The van der Waals surface area contributed by atoms with E-state index in [2.05, 4.69) is 17.4 Å². The number of hydrogen-bond acceptors (Lipinski definition) is 3. The van der Waals surface area contributed by atoms with Crippen LogP contribution in [0, 0.1) is 0 Å². The van der Waals surface area contributed by atoms with Crippen molar-refractivity contribution in [2.24, 2.45) is 0 Å². The van der Waals surface area contributed by atoms with Crippen molar-refractivity contribution >= 4 is 33.2 Å². The summed E-state index contributed by atoms with van der Waals surface area (Å²) in [6.07, 6.45) is 0.958. The Bertz CT molecular complexity index is 1140. The van der Waals surface area contributed by atoms with Crippen molar-refractivity contribution in [3.8, 4) is 0 Å². The second-order valence-electron chi connectivity index (χ2n) is 8.20. The number of sulfonamides is 1. The first-order valence-electron chi connectivity index (χ1n) is 10.7. The van der Waals surface area contributed by atoms with Gasteiger partial charge in [0.05, 0.1) is 28.6 Å². The van der Waals surface area contributed by atoms with Gasteiger partial charge in [-0.3, -0.25) is 9.10 Å². The summed E-state index contributed by atoms with van der Waals surface area (Å²) in [5, 5.41) is 2.61. The Hall–Kier alpha value is -2.26. The van der Waals surface area contributed by atoms with E-state index in [1.54, 1.807) is 0 Å². The Labute approximate surface area is 197 Å². The molecule has 2 aromatic carbocycles. The van der Waals surface area contributed by atoms with Gasteiger partial charge in [0.1, 0.15) is 6.54 Å². The molecule has 0 aliphatic heterocycles. The second-order valence-corrected chi connectivity index (χ2v) is 10.5. The minimum atomic E-state index is -4.69. The first kappa shape index (κ1) is 25.4. The van der Waals surface area contributed by atoms with E-state index in [9.17, 15) is 26.4 Å². The summed E-state index contributed by atoms with van der Waals surface area (Å²) in [4.78, 5) is 12.8. The van der Waals surface area contributed by atoms with Crippen LogP contribution in [0.25, 0.3) is 0 Å². The number of halogens is 4. The van der Waals surface area contributed by atoms with Gasteiger partial charge in [-0.1, -0.05) is 36.7 Å². The van der Waals surface area contributed by atoms with E-state index in [1.807, 2.05) is 13.0 Å². The van der Waals surface area contributed by atoms with Gasteiger partial charge in [0.2, 0.25) is 15.9 Å². The molecule has 0 saturated heterocycles. The van der Waals surface area contributed by atoms with Crippen molar-refractivity contribution in [2.75, 3.05) is 17.1 Å². The summed E-state index contributed by atoms with van der Waals surface area (Å²) in [5.74, 6) is -0.640. The van der Waals surface area contributed by atoms with Gasteiger partial charge in [0.15, 0.2) is 0 Å². The second kappa shape index (κ2) is 9.93. The van der Waals surface area contributed by atoms with Crippen LogP contribution in [0.5, 0.6) is 0 Å². The first-order valence-corrected chi connectivity index (χ1v) is 12.9. The Balaban J connectivity index is 1.84. The van der Waals surface area contributed by atoms with Gasteiger partial charge < -0.3 is 5.32 Å². The predicted molar refractivity (Wildman–Crippen MR) is 123 cm³/mol. The summed E-state index contributed by atoms with van der Waals surface area (Å²) in [6.45, 7) is 1.20. The molecule has 1 aliphatic rings. The number of carbonyl (C=O) groups is 1. The van der Waals surface area contributed by atoms with Crippen LogP contribution in [0.1, 0.15) is 54.5 Å². The summed E-state index contributed by atoms with van der Waals surface area (Å²) < 4.78 is 64.8. The summed E-state index contributed by atoms with van der Waals surface area (Å²) in [7, 11) is -4.10. The number of aryl methyl sites for hydroxylation is 2. The fraction of sp³-hybridized carbons (Fsp3) is 0.435. The van der Waals surface area contributed by atoms with E-state index in [0.29, 0.717) is 16.8 Å². The van der Waals surface area contributed by atoms with Crippen molar-refractivity contribution in [1.82, 2.24) is 5.32 Å². The third kappa shape index (κ3) is 6.20. The molecule has 1 aliphatic carbocycles. The molecule has 2 aromatic rings. The monoisotopic (exact) mass is 502 g/mol. The number of amides is 1. The average Bonchev–Trinajstić information content (AvgIpc) is 2.74. The van der Waals surface area contributed by atoms with Crippen LogP contribution >= 0.6 is 11.6 Å². The largest absolute Gasteiger partial charge is 0.416 e. The topological polar surface area (TPSA) is 66.5 Å². The summed E-state index contributed by atoms with van der Waals surface area (Å²) in [6, 6.07) is 8.09. The van der Waals surface area contributed by atoms with Gasteiger partial charge in [0, 0.05) is 0 Å². The molecule has 0 fully saturated rings. The molecule has 180 valence electrons. The fourth-order valence-electron chi connectivity index (χ4n) is 4.02. The van der Waals surface area contributed by atoms with Crippen LogP contribution in [-0.4, -0.2) is 27.1 Å². The standard InChI is InChI=1S/C23H26ClF3N2O3S/c1-3-20(17-9-8-15-6-4-5-7-16(15)12-17)28-22(30)14-29(33(2,31)32)21-13-18(23(25,26)27)10-11-19(21)24/h8-13,20H,3-7,14H2,1-2H3,(H,28,30)/t20-/m1/s1. The highest BCUT2D eigenvalue weighted by Gasteiger charge is 2.33. The molecule has 0 saturated carbocycles. The average molecular weight is 503 g/mol. The molecule has 0 unspecified atom stereocenters. The molecule has 5 nitrogen and oxygen atoms in total. The van der Waals surface area contributed by atoms with Crippen molar-refractivity contribution in [2.45, 2.75) is 51.2 Å². The molecule has 0 heterocycles. The number of anilines is 1. The zero-order chi connectivity index (χ0) is 24.4. The Morgan fingerprint density at radius 1 is 1.12 bits per heavy atom. The molecule has 1 amide bonds. The van der Waals surface area contributed by atoms with E-state index in [-0.39, 0.29) is 11.1 Å². The lowest BCUT2D eigenvalue weighted by molar-refractivity contribution is -0.137. The lowest BCUT2D eigenvalue weighted by atomic mass is 9.89. The minimum Gasteiger partial charge on any atom is -0.348 e. The highest BCUT2D eigenvalue weighted by Crippen LogP contribution is 2.36. The first-order chi connectivity index (χ1) is 15.4. The number of carbonyl (C=O) groups excluding carboxylic acids is 1. The summed E-state index contributed by atoms with van der Waals surface area (Å²) >= 11 is 6.02. The Morgan fingerprint density at radius 2 is 1.79 bits per heavy atom. The number of fused-ring (bicyclic) bond motifs is 1. The maximum atomic E-state index is 13.2. The van der Waals surface area contributed by atoms with Crippen molar-refractivity contribution < 1.29 is 26.4 Å². The van der Waals surface area contributed by atoms with Crippen molar-refractivity contribution in [3.05, 3.63) is 63.7 Å². The highest BCUT2D eigenvalue weighted by molar-refractivity contribution is 7.92. The smallest absolute Gasteiger partial charge is 0.348 e. The molecule has 3 rings (SSSR count). The van der Waals surface area contributed by atoms with E-state index in [4.69, 9.17) is 11.6 Å². The van der Waals surface area contributed by atoms with Gasteiger partial charge in [-0.15, -0.1) is 0 Å². The van der Waals surface area contributed by atoms with E-state index < -0.39 is 39.9 Å². The number of hydrogen-bond donors (Lipinski definition) is 1. The lowest BCUT2D eigenvalue weighted by Crippen LogP contribution is -2.41. The molecule has 0 radical (unpaired) electrons. The SMILES string of the molecule is CC[C@@H](NC(=O)CN(c1cc(C(F)(F)F)ccc1Cl)S(C)(=O)=O)c1ccc2c(c1)CCCC2. The summed E-state index contributed by atoms with van der Waals surface area (Å²) in [5.41, 5.74) is 2.01. The van der Waals surface area contributed by atoms with Crippen molar-refractivity contribution in [1.29, 1.82) is 0 Å². The van der Waals surface area contributed by atoms with Gasteiger partial charge in [-0.05, 0) is 67.0 Å². The van der Waals surface area contributed by atoms with Crippen LogP contribution < -0.4 is 9.62 Å². The number of rotatable bonds is 7. The number of benzene rings is 2. The predicted octanol–water partition coefficient (Wildman–Crippen LogP) is 5.27. The number of nitrogens with one attached hydrogen (secondary N) is 1. The molecular weight excluding hydrogens is 477 g/mol. The third-order valence-corrected chi connectivity index (χ3v) is 7.19. The molecular formula is C23H26ClF3N2O3S. The Morgan fingerprint density at radius 3 is 2.39 bits per heavy atom. The van der Waals surface area contributed by atoms with E-state index in [0.717, 1.165) is 49.6 Å². The quantitative estimate of drug-likeness (QED) is 0.561. The van der Waals surface area contributed by atoms with Crippen LogP contribution in [0.15, 0.2) is 36.4 Å². The molecule has 1 atom stereocenters. The van der Waals surface area contributed by atoms with Crippen LogP contribution in [0.2, 0.25) is 5.02 Å². The van der Waals surface area contributed by atoms with E-state index >= 15 is 0 Å². The minimum absolute atomic E-state index is 0.206. The number of alkyl halides is 3. The molecule has 0 aromatic heterocycles. The van der Waals surface area contributed by atoms with Gasteiger partial charge >= 0.3 is 6.18 Å². The molecule has 33 heavy (non-hydrogen) atoms. The normalized spacial score (nSPS) is 15.0. The highest BCUT2D eigenvalue weighted by atomic mass is 35.5.